The number of hydrogen-bond acceptors (Lipinski definition) is 3. The highest BCUT2D eigenvalue weighted by atomic mass is 79.9. The highest BCUT2D eigenvalue weighted by Gasteiger charge is 1.98. The van der Waals surface area contributed by atoms with E-state index >= 15 is 0 Å². The summed E-state index contributed by atoms with van der Waals surface area (Å²) in [4.78, 5) is 4.37. The summed E-state index contributed by atoms with van der Waals surface area (Å²) in [6.45, 7) is 1.32. The third-order valence-electron chi connectivity index (χ3n) is 2.91. The van der Waals surface area contributed by atoms with E-state index < -0.39 is 0 Å². The lowest BCUT2D eigenvalue weighted by Crippen LogP contribution is -2.11. The van der Waals surface area contributed by atoms with E-state index in [1.54, 1.807) is 0 Å². The van der Waals surface area contributed by atoms with Gasteiger partial charge in [0.25, 0.3) is 0 Å². The molecule has 0 saturated heterocycles. The van der Waals surface area contributed by atoms with Crippen LogP contribution in [0.3, 0.4) is 0 Å². The Hall–Kier alpha value is -1.46. The van der Waals surface area contributed by atoms with Gasteiger partial charge in [-0.2, -0.15) is 0 Å². The van der Waals surface area contributed by atoms with Gasteiger partial charge in [-0.05, 0) is 30.2 Å². The van der Waals surface area contributed by atoms with Crippen LogP contribution in [0.2, 0.25) is 0 Å². The number of benzene rings is 2. The minimum atomic E-state index is 0.607. The Morgan fingerprint density at radius 3 is 2.73 bits per heavy atom. The van der Waals surface area contributed by atoms with Crippen LogP contribution in [-0.2, 0) is 6.42 Å². The van der Waals surface area contributed by atoms with Crippen molar-refractivity contribution in [1.29, 1.82) is 0 Å². The Bertz CT molecular complexity index is 605. The van der Waals surface area contributed by atoms with Gasteiger partial charge in [-0.3, -0.25) is 4.99 Å². The molecule has 0 heterocycles. The number of hydrogen-bond donors (Lipinski definition) is 1. The SMILES string of the molecule is NC(=NCCc1ccccc1)SCCOc1cccc(Br)c1. The smallest absolute Gasteiger partial charge is 0.154 e. The summed E-state index contributed by atoms with van der Waals surface area (Å²) < 4.78 is 6.66. The van der Waals surface area contributed by atoms with Crippen LogP contribution in [0.5, 0.6) is 5.75 Å². The molecule has 0 atom stereocenters. The highest BCUT2D eigenvalue weighted by Crippen LogP contribution is 2.17. The van der Waals surface area contributed by atoms with Crippen LogP contribution in [0.25, 0.3) is 0 Å². The van der Waals surface area contributed by atoms with Crippen LogP contribution in [0.1, 0.15) is 5.56 Å². The molecule has 0 bridgehead atoms. The number of thioether (sulfide) groups is 1. The van der Waals surface area contributed by atoms with Gasteiger partial charge in [0.05, 0.1) is 6.61 Å². The molecule has 0 aliphatic rings. The molecule has 0 amide bonds. The molecule has 22 heavy (non-hydrogen) atoms. The molecule has 5 heteroatoms. The number of ether oxygens (including phenoxy) is 1. The standard InChI is InChI=1S/C17H19BrN2OS/c18-15-7-4-8-16(13-15)21-11-12-22-17(19)20-10-9-14-5-2-1-3-6-14/h1-8,13H,9-12H2,(H2,19,20). The predicted molar refractivity (Wildman–Crippen MR) is 98.7 cm³/mol. The van der Waals surface area contributed by atoms with Crippen LogP contribution < -0.4 is 10.5 Å². The summed E-state index contributed by atoms with van der Waals surface area (Å²) in [5, 5.41) is 0.619. The molecule has 0 spiro atoms. The fourth-order valence-corrected chi connectivity index (χ4v) is 2.78. The Balaban J connectivity index is 1.63. The third-order valence-corrected chi connectivity index (χ3v) is 4.20. The maximum atomic E-state index is 5.89. The number of rotatable bonds is 7. The normalized spacial score (nSPS) is 11.4. The molecule has 0 aliphatic carbocycles. The zero-order valence-electron chi connectivity index (χ0n) is 12.2. The van der Waals surface area contributed by atoms with Crippen molar-refractivity contribution in [2.24, 2.45) is 10.7 Å². The zero-order valence-corrected chi connectivity index (χ0v) is 14.6. The molecule has 2 rings (SSSR count). The number of nitrogens with zero attached hydrogens (tertiary/aromatic N) is 1. The Morgan fingerprint density at radius 2 is 1.95 bits per heavy atom. The molecular weight excluding hydrogens is 360 g/mol. The van der Waals surface area contributed by atoms with E-state index in [0.29, 0.717) is 11.8 Å². The average Bonchev–Trinajstić information content (AvgIpc) is 2.53. The lowest BCUT2D eigenvalue weighted by atomic mass is 10.2. The van der Waals surface area contributed by atoms with E-state index in [0.717, 1.165) is 28.9 Å². The zero-order chi connectivity index (χ0) is 15.6. The van der Waals surface area contributed by atoms with Gasteiger partial charge < -0.3 is 10.5 Å². The summed E-state index contributed by atoms with van der Waals surface area (Å²) >= 11 is 4.94. The van der Waals surface area contributed by atoms with Gasteiger partial charge in [0, 0.05) is 16.8 Å². The predicted octanol–water partition coefficient (Wildman–Crippen LogP) is 4.12. The molecular formula is C17H19BrN2OS. The van der Waals surface area contributed by atoms with Crippen LogP contribution in [0.4, 0.5) is 0 Å². The number of amidine groups is 1. The van der Waals surface area contributed by atoms with Crippen LogP contribution in [0.15, 0.2) is 64.1 Å². The molecule has 0 unspecified atom stereocenters. The first-order valence-electron chi connectivity index (χ1n) is 7.09. The molecule has 0 fully saturated rings. The van der Waals surface area contributed by atoms with Gasteiger partial charge >= 0.3 is 0 Å². The van der Waals surface area contributed by atoms with Crippen LogP contribution in [0, 0.1) is 0 Å². The number of aliphatic imine (C=N–C) groups is 1. The Morgan fingerprint density at radius 1 is 1.14 bits per heavy atom. The summed E-state index contributed by atoms with van der Waals surface area (Å²) in [7, 11) is 0. The molecule has 2 aromatic carbocycles. The van der Waals surface area contributed by atoms with E-state index in [1.807, 2.05) is 42.5 Å². The number of halogens is 1. The largest absolute Gasteiger partial charge is 0.493 e. The first kappa shape index (κ1) is 16.9. The van der Waals surface area contributed by atoms with Crippen molar-refractivity contribution in [3.63, 3.8) is 0 Å². The monoisotopic (exact) mass is 378 g/mol. The minimum absolute atomic E-state index is 0.607. The van der Waals surface area contributed by atoms with Gasteiger partial charge in [0.1, 0.15) is 5.75 Å². The van der Waals surface area contributed by atoms with Crippen molar-refractivity contribution in [1.82, 2.24) is 0 Å². The van der Waals surface area contributed by atoms with E-state index in [4.69, 9.17) is 10.5 Å². The lowest BCUT2D eigenvalue weighted by molar-refractivity contribution is 0.344. The van der Waals surface area contributed by atoms with E-state index in [2.05, 4.69) is 33.1 Å². The molecule has 116 valence electrons. The molecule has 0 aromatic heterocycles. The summed E-state index contributed by atoms with van der Waals surface area (Å²) in [6.07, 6.45) is 0.913. The van der Waals surface area contributed by atoms with Crippen molar-refractivity contribution >= 4 is 32.9 Å². The van der Waals surface area contributed by atoms with Gasteiger partial charge in [-0.15, -0.1) is 0 Å². The Labute approximate surface area is 144 Å². The summed E-state index contributed by atoms with van der Waals surface area (Å²) in [5.41, 5.74) is 7.17. The van der Waals surface area contributed by atoms with Crippen molar-refractivity contribution in [2.45, 2.75) is 6.42 Å². The Kier molecular flexibility index (Phi) is 7.33. The second-order valence-corrected chi connectivity index (χ2v) is 6.64. The molecule has 0 aliphatic heterocycles. The lowest BCUT2D eigenvalue weighted by Gasteiger charge is -2.06. The van der Waals surface area contributed by atoms with E-state index in [9.17, 15) is 0 Å². The average molecular weight is 379 g/mol. The van der Waals surface area contributed by atoms with Crippen molar-refractivity contribution < 1.29 is 4.74 Å². The number of nitrogens with two attached hydrogens (primary N) is 1. The van der Waals surface area contributed by atoms with Crippen LogP contribution in [-0.4, -0.2) is 24.1 Å². The fourth-order valence-electron chi connectivity index (χ4n) is 1.85. The quantitative estimate of drug-likeness (QED) is 0.447. The molecule has 3 nitrogen and oxygen atoms in total. The van der Waals surface area contributed by atoms with Crippen molar-refractivity contribution in [3.05, 3.63) is 64.6 Å². The van der Waals surface area contributed by atoms with Gasteiger partial charge in [-0.25, -0.2) is 0 Å². The summed E-state index contributed by atoms with van der Waals surface area (Å²) in [6, 6.07) is 18.1. The second-order valence-electron chi connectivity index (χ2n) is 4.61. The fraction of sp³-hybridized carbons (Fsp3) is 0.235. The van der Waals surface area contributed by atoms with Crippen molar-refractivity contribution in [3.8, 4) is 5.75 Å². The van der Waals surface area contributed by atoms with Crippen molar-refractivity contribution in [2.75, 3.05) is 18.9 Å². The molecule has 0 saturated carbocycles. The van der Waals surface area contributed by atoms with Gasteiger partial charge in [0.15, 0.2) is 5.17 Å². The van der Waals surface area contributed by atoms with E-state index in [-0.39, 0.29) is 0 Å². The maximum Gasteiger partial charge on any atom is 0.154 e. The third kappa shape index (κ3) is 6.54. The summed E-state index contributed by atoms with van der Waals surface area (Å²) in [5.74, 6) is 1.64. The topological polar surface area (TPSA) is 47.6 Å². The molecule has 2 N–H and O–H groups in total. The first-order chi connectivity index (χ1) is 10.7. The molecule has 0 radical (unpaired) electrons. The van der Waals surface area contributed by atoms with Gasteiger partial charge in [-0.1, -0.05) is 64.1 Å². The van der Waals surface area contributed by atoms with Gasteiger partial charge in [0.2, 0.25) is 0 Å². The van der Waals surface area contributed by atoms with E-state index in [1.165, 1.54) is 17.3 Å². The van der Waals surface area contributed by atoms with Crippen LogP contribution >= 0.6 is 27.7 Å². The molecule has 2 aromatic rings. The minimum Gasteiger partial charge on any atom is -0.493 e. The maximum absolute atomic E-state index is 5.89. The highest BCUT2D eigenvalue weighted by molar-refractivity contribution is 9.10. The first-order valence-corrected chi connectivity index (χ1v) is 8.87. The second kappa shape index (κ2) is 9.54.